The number of hydrogen-bond acceptors (Lipinski definition) is 3. The molecule has 5 nitrogen and oxygen atoms in total. The molecular weight excluding hydrogens is 316 g/mol. The molecule has 1 aliphatic rings. The molecule has 0 bridgehead atoms. The summed E-state index contributed by atoms with van der Waals surface area (Å²) in [6.07, 6.45) is 6.07. The van der Waals surface area contributed by atoms with Gasteiger partial charge in [-0.15, -0.1) is 0 Å². The second kappa shape index (κ2) is 9.30. The normalized spacial score (nSPS) is 16.1. The monoisotopic (exact) mass is 341 g/mol. The molecule has 1 aliphatic carbocycles. The number of methoxy groups -OCH3 is 1. The average molecular weight is 341 g/mol. The molecule has 0 saturated heterocycles. The molecular formula is C17H25F2N3O2. The van der Waals surface area contributed by atoms with Crippen molar-refractivity contribution in [3.63, 3.8) is 0 Å². The van der Waals surface area contributed by atoms with Gasteiger partial charge in [-0.25, -0.2) is 0 Å². The van der Waals surface area contributed by atoms with Crippen molar-refractivity contribution in [1.82, 2.24) is 10.6 Å². The number of benzene rings is 1. The van der Waals surface area contributed by atoms with Gasteiger partial charge in [-0.05, 0) is 30.5 Å². The Morgan fingerprint density at radius 2 is 2.00 bits per heavy atom. The molecule has 0 atom stereocenters. The molecule has 1 fully saturated rings. The Morgan fingerprint density at radius 1 is 1.25 bits per heavy atom. The van der Waals surface area contributed by atoms with Gasteiger partial charge in [0.05, 0.1) is 7.11 Å². The predicted molar refractivity (Wildman–Crippen MR) is 89.8 cm³/mol. The van der Waals surface area contributed by atoms with Crippen molar-refractivity contribution in [1.29, 1.82) is 0 Å². The first-order valence-electron chi connectivity index (χ1n) is 8.21. The van der Waals surface area contributed by atoms with Gasteiger partial charge in [-0.3, -0.25) is 4.99 Å². The average Bonchev–Trinajstić information content (AvgIpc) is 2.59. The lowest BCUT2D eigenvalue weighted by Gasteiger charge is -2.25. The summed E-state index contributed by atoms with van der Waals surface area (Å²) in [5.41, 5.74) is 0.804. The first-order valence-corrected chi connectivity index (χ1v) is 8.21. The number of hydrogen-bond donors (Lipinski definition) is 2. The Morgan fingerprint density at radius 3 is 2.62 bits per heavy atom. The van der Waals surface area contributed by atoms with Gasteiger partial charge < -0.3 is 20.1 Å². The van der Waals surface area contributed by atoms with Crippen LogP contribution in [0, 0.1) is 0 Å². The summed E-state index contributed by atoms with van der Waals surface area (Å²) in [6.45, 7) is -2.43. The molecule has 0 spiro atoms. The molecule has 0 unspecified atom stereocenters. The molecule has 2 N–H and O–H groups in total. The van der Waals surface area contributed by atoms with E-state index >= 15 is 0 Å². The number of ether oxygens (including phenoxy) is 2. The van der Waals surface area contributed by atoms with E-state index in [0.29, 0.717) is 18.5 Å². The van der Waals surface area contributed by atoms with Crippen LogP contribution in [0.2, 0.25) is 0 Å². The second-order valence-corrected chi connectivity index (χ2v) is 5.77. The number of alkyl halides is 2. The lowest BCUT2D eigenvalue weighted by atomic mass is 9.96. The van der Waals surface area contributed by atoms with Crippen LogP contribution in [0.25, 0.3) is 0 Å². The topological polar surface area (TPSA) is 54.9 Å². The summed E-state index contributed by atoms with van der Waals surface area (Å²) >= 11 is 0. The summed E-state index contributed by atoms with van der Waals surface area (Å²) in [4.78, 5) is 4.22. The molecule has 134 valence electrons. The molecule has 0 aromatic heterocycles. The molecule has 0 amide bonds. The van der Waals surface area contributed by atoms with Gasteiger partial charge >= 0.3 is 6.61 Å². The highest BCUT2D eigenvalue weighted by Crippen LogP contribution is 2.29. The number of nitrogens with zero attached hydrogens (tertiary/aromatic N) is 1. The third kappa shape index (κ3) is 5.54. The van der Waals surface area contributed by atoms with Crippen LogP contribution in [0.15, 0.2) is 23.2 Å². The van der Waals surface area contributed by atoms with Crippen molar-refractivity contribution < 1.29 is 18.3 Å². The van der Waals surface area contributed by atoms with Gasteiger partial charge in [0.2, 0.25) is 0 Å². The molecule has 24 heavy (non-hydrogen) atoms. The Balaban J connectivity index is 1.94. The Bertz CT molecular complexity index is 547. The van der Waals surface area contributed by atoms with E-state index in [1.54, 1.807) is 25.2 Å². The first kappa shape index (κ1) is 18.3. The van der Waals surface area contributed by atoms with E-state index in [1.807, 2.05) is 0 Å². The van der Waals surface area contributed by atoms with Crippen molar-refractivity contribution in [2.24, 2.45) is 4.99 Å². The fourth-order valence-corrected chi connectivity index (χ4v) is 2.84. The molecule has 7 heteroatoms. The summed E-state index contributed by atoms with van der Waals surface area (Å²) in [6, 6.07) is 5.41. The Hall–Kier alpha value is -2.05. The van der Waals surface area contributed by atoms with Crippen LogP contribution in [0.1, 0.15) is 37.7 Å². The van der Waals surface area contributed by atoms with Crippen LogP contribution in [0.5, 0.6) is 11.5 Å². The number of halogens is 2. The molecule has 0 heterocycles. The molecule has 1 aromatic rings. The van der Waals surface area contributed by atoms with Crippen molar-refractivity contribution in [2.45, 2.75) is 51.3 Å². The second-order valence-electron chi connectivity index (χ2n) is 5.77. The first-order chi connectivity index (χ1) is 11.6. The van der Waals surface area contributed by atoms with E-state index in [4.69, 9.17) is 4.74 Å². The van der Waals surface area contributed by atoms with Crippen molar-refractivity contribution >= 4 is 5.96 Å². The van der Waals surface area contributed by atoms with Crippen molar-refractivity contribution in [3.8, 4) is 11.5 Å². The minimum Gasteiger partial charge on any atom is -0.493 e. The molecule has 0 aliphatic heterocycles. The van der Waals surface area contributed by atoms with E-state index in [2.05, 4.69) is 20.4 Å². The fourth-order valence-electron chi connectivity index (χ4n) is 2.84. The minimum absolute atomic E-state index is 0.0297. The van der Waals surface area contributed by atoms with Crippen LogP contribution in [0.3, 0.4) is 0 Å². The van der Waals surface area contributed by atoms with Gasteiger partial charge in [0, 0.05) is 19.6 Å². The fraction of sp³-hybridized carbons (Fsp3) is 0.588. The van der Waals surface area contributed by atoms with Crippen LogP contribution >= 0.6 is 0 Å². The largest absolute Gasteiger partial charge is 0.493 e. The quantitative estimate of drug-likeness (QED) is 0.616. The zero-order valence-corrected chi connectivity index (χ0v) is 14.1. The lowest BCUT2D eigenvalue weighted by Crippen LogP contribution is -2.43. The smallest absolute Gasteiger partial charge is 0.387 e. The summed E-state index contributed by atoms with van der Waals surface area (Å²) in [7, 11) is 3.14. The van der Waals surface area contributed by atoms with Gasteiger partial charge in [-0.1, -0.05) is 25.3 Å². The van der Waals surface area contributed by atoms with Gasteiger partial charge in [0.25, 0.3) is 0 Å². The number of rotatable bonds is 6. The van der Waals surface area contributed by atoms with Crippen LogP contribution in [0.4, 0.5) is 8.78 Å². The van der Waals surface area contributed by atoms with E-state index < -0.39 is 6.61 Å². The summed E-state index contributed by atoms with van der Waals surface area (Å²) in [5, 5.41) is 6.61. The summed E-state index contributed by atoms with van der Waals surface area (Å²) in [5.74, 6) is 1.03. The number of nitrogens with one attached hydrogen (secondary N) is 2. The van der Waals surface area contributed by atoms with E-state index in [-0.39, 0.29) is 11.5 Å². The maximum atomic E-state index is 12.5. The molecule has 2 rings (SSSR count). The van der Waals surface area contributed by atoms with E-state index in [0.717, 1.165) is 18.4 Å². The third-order valence-electron chi connectivity index (χ3n) is 4.07. The van der Waals surface area contributed by atoms with Crippen LogP contribution in [-0.2, 0) is 6.54 Å². The summed E-state index contributed by atoms with van der Waals surface area (Å²) < 4.78 is 34.5. The van der Waals surface area contributed by atoms with Crippen molar-refractivity contribution in [3.05, 3.63) is 23.8 Å². The Labute approximate surface area is 141 Å². The maximum Gasteiger partial charge on any atom is 0.387 e. The standard InChI is InChI=1S/C17H25F2N3O2/c1-20-17(22-13-6-4-3-5-7-13)21-11-12-8-9-14(23-2)15(10-12)24-16(18)19/h8-10,13,16H,3-7,11H2,1-2H3,(H2,20,21,22). The minimum atomic E-state index is -2.89. The molecule has 1 aromatic carbocycles. The van der Waals surface area contributed by atoms with Gasteiger partial charge in [-0.2, -0.15) is 8.78 Å². The van der Waals surface area contributed by atoms with Gasteiger partial charge in [0.1, 0.15) is 0 Å². The molecule has 1 saturated carbocycles. The third-order valence-corrected chi connectivity index (χ3v) is 4.07. The maximum absolute atomic E-state index is 12.5. The highest BCUT2D eigenvalue weighted by atomic mass is 19.3. The highest BCUT2D eigenvalue weighted by molar-refractivity contribution is 5.80. The zero-order valence-electron chi connectivity index (χ0n) is 14.1. The Kier molecular flexibility index (Phi) is 7.08. The predicted octanol–water partition coefficient (Wildman–Crippen LogP) is 3.29. The van der Waals surface area contributed by atoms with E-state index in [1.165, 1.54) is 26.4 Å². The highest BCUT2D eigenvalue weighted by Gasteiger charge is 2.15. The van der Waals surface area contributed by atoms with Gasteiger partial charge in [0.15, 0.2) is 17.5 Å². The van der Waals surface area contributed by atoms with E-state index in [9.17, 15) is 8.78 Å². The van der Waals surface area contributed by atoms with Crippen LogP contribution < -0.4 is 20.1 Å². The van der Waals surface area contributed by atoms with Crippen molar-refractivity contribution in [2.75, 3.05) is 14.2 Å². The SMILES string of the molecule is CN=C(NCc1ccc(OC)c(OC(F)F)c1)NC1CCCCC1. The number of aliphatic imine (C=N–C) groups is 1. The molecule has 0 radical (unpaired) electrons. The zero-order chi connectivity index (χ0) is 17.4. The lowest BCUT2D eigenvalue weighted by molar-refractivity contribution is -0.0512. The number of guanidine groups is 1. The van der Waals surface area contributed by atoms with Crippen LogP contribution in [-0.4, -0.2) is 32.8 Å².